The van der Waals surface area contributed by atoms with E-state index in [4.69, 9.17) is 10.8 Å². The van der Waals surface area contributed by atoms with Crippen molar-refractivity contribution in [1.82, 2.24) is 25.2 Å². The van der Waals surface area contributed by atoms with Gasteiger partial charge in [-0.15, -0.1) is 10.2 Å². The molecule has 7 nitrogen and oxygen atoms in total. The monoisotopic (exact) mass is 444 g/mol. The molecule has 1 atom stereocenters. The van der Waals surface area contributed by atoms with Crippen molar-refractivity contribution in [3.63, 3.8) is 0 Å². The Morgan fingerprint density at radius 2 is 1.91 bits per heavy atom. The maximum atomic E-state index is 12.3. The minimum absolute atomic E-state index is 0.00179. The van der Waals surface area contributed by atoms with Crippen molar-refractivity contribution in [3.8, 4) is 22.6 Å². The molecule has 4 aromatic rings. The summed E-state index contributed by atoms with van der Waals surface area (Å²) in [4.78, 5) is 17.2. The Bertz CT molecular complexity index is 1300. The van der Waals surface area contributed by atoms with Crippen molar-refractivity contribution < 1.29 is 4.79 Å². The molecule has 0 saturated heterocycles. The van der Waals surface area contributed by atoms with Crippen LogP contribution in [0.3, 0.4) is 0 Å². The van der Waals surface area contributed by atoms with Gasteiger partial charge in [0.2, 0.25) is 11.1 Å². The van der Waals surface area contributed by atoms with E-state index in [0.29, 0.717) is 17.0 Å². The van der Waals surface area contributed by atoms with E-state index in [1.807, 2.05) is 37.3 Å². The molecule has 0 spiro atoms. The second-order valence-electron chi connectivity index (χ2n) is 8.16. The fraction of sp³-hybridized carbons (Fsp3) is 0.250. The van der Waals surface area contributed by atoms with Crippen LogP contribution in [0.25, 0.3) is 33.5 Å². The quantitative estimate of drug-likeness (QED) is 0.345. The van der Waals surface area contributed by atoms with Crippen LogP contribution in [0.4, 0.5) is 0 Å². The van der Waals surface area contributed by atoms with E-state index in [0.717, 1.165) is 40.6 Å². The Morgan fingerprint density at radius 3 is 2.66 bits per heavy atom. The molecule has 1 aliphatic carbocycles. The molecule has 2 aromatic heterocycles. The predicted molar refractivity (Wildman–Crippen MR) is 128 cm³/mol. The van der Waals surface area contributed by atoms with Crippen LogP contribution in [-0.2, 0) is 4.79 Å². The number of nitrogen functional groups attached to an aromatic ring is 1. The fourth-order valence-corrected chi connectivity index (χ4v) is 4.31. The Kier molecular flexibility index (Phi) is 5.30. The highest BCUT2D eigenvalue weighted by molar-refractivity contribution is 8.00. The largest absolute Gasteiger partial charge is 0.352 e. The molecule has 3 N–H and O–H groups in total. The van der Waals surface area contributed by atoms with E-state index in [1.165, 1.54) is 22.0 Å². The number of aryl methyl sites for hydroxylation is 1. The van der Waals surface area contributed by atoms with Gasteiger partial charge in [-0.25, -0.2) is 9.66 Å². The van der Waals surface area contributed by atoms with Crippen LogP contribution < -0.4 is 11.2 Å². The van der Waals surface area contributed by atoms with Gasteiger partial charge in [0.25, 0.3) is 0 Å². The molecule has 1 saturated carbocycles. The first-order valence-corrected chi connectivity index (χ1v) is 11.5. The average Bonchev–Trinajstić information content (AvgIpc) is 3.55. The van der Waals surface area contributed by atoms with Crippen molar-refractivity contribution in [3.05, 3.63) is 60.2 Å². The second-order valence-corrected chi connectivity index (χ2v) is 9.47. The first kappa shape index (κ1) is 20.5. The number of nitrogens with zero attached hydrogens (tertiary/aromatic N) is 4. The third-order valence-electron chi connectivity index (χ3n) is 5.54. The molecule has 0 bridgehead atoms. The molecule has 0 unspecified atom stereocenters. The number of aromatic nitrogens is 4. The smallest absolute Gasteiger partial charge is 0.233 e. The number of pyridine rings is 1. The third kappa shape index (κ3) is 4.05. The van der Waals surface area contributed by atoms with Crippen LogP contribution in [0.2, 0.25) is 0 Å². The van der Waals surface area contributed by atoms with Gasteiger partial charge in [-0.1, -0.05) is 59.8 Å². The van der Waals surface area contributed by atoms with Gasteiger partial charge in [-0.2, -0.15) is 0 Å². The number of hydrogen-bond donors (Lipinski definition) is 2. The van der Waals surface area contributed by atoms with Gasteiger partial charge in [0.1, 0.15) is 0 Å². The summed E-state index contributed by atoms with van der Waals surface area (Å²) in [6, 6.07) is 18.5. The topological polar surface area (TPSA) is 98.7 Å². The summed E-state index contributed by atoms with van der Waals surface area (Å²) in [5.41, 5.74) is 4.76. The zero-order valence-electron chi connectivity index (χ0n) is 17.9. The lowest BCUT2D eigenvalue weighted by atomic mass is 10.0. The summed E-state index contributed by atoms with van der Waals surface area (Å²) >= 11 is 1.31. The minimum atomic E-state index is -0.313. The molecular weight excluding hydrogens is 420 g/mol. The maximum Gasteiger partial charge on any atom is 0.233 e. The zero-order chi connectivity index (χ0) is 22.2. The summed E-state index contributed by atoms with van der Waals surface area (Å²) in [5, 5.41) is 12.8. The van der Waals surface area contributed by atoms with E-state index >= 15 is 0 Å². The molecule has 5 rings (SSSR count). The number of amides is 1. The standard InChI is InChI=1S/C24H24N6OS/c1-14-7-9-16(10-8-14)21-13-19(18-5-3-4-6-20(18)27-21)22-28-29-24(30(22)25)32-15(2)23(31)26-17-11-12-17/h3-10,13,15,17H,11-12,25H2,1-2H3,(H,26,31)/t15-/m1/s1. The number of carbonyl (C=O) groups excluding carboxylic acids is 1. The number of thioether (sulfide) groups is 1. The third-order valence-corrected chi connectivity index (χ3v) is 6.60. The summed E-state index contributed by atoms with van der Waals surface area (Å²) < 4.78 is 1.46. The molecule has 2 aromatic carbocycles. The highest BCUT2D eigenvalue weighted by atomic mass is 32.2. The van der Waals surface area contributed by atoms with Crippen LogP contribution in [0.15, 0.2) is 59.8 Å². The Balaban J connectivity index is 1.52. The molecule has 0 radical (unpaired) electrons. The van der Waals surface area contributed by atoms with Crippen LogP contribution in [-0.4, -0.2) is 37.1 Å². The Hall–Kier alpha value is -3.39. The average molecular weight is 445 g/mol. The van der Waals surface area contributed by atoms with Crippen LogP contribution in [0.1, 0.15) is 25.3 Å². The fourth-order valence-electron chi connectivity index (χ4n) is 3.53. The summed E-state index contributed by atoms with van der Waals surface area (Å²) in [6.45, 7) is 3.92. The van der Waals surface area contributed by atoms with Gasteiger partial charge in [-0.3, -0.25) is 4.79 Å². The van der Waals surface area contributed by atoms with Crippen molar-refractivity contribution >= 4 is 28.6 Å². The van der Waals surface area contributed by atoms with Crippen molar-refractivity contribution in [2.75, 3.05) is 5.84 Å². The number of nitrogens with two attached hydrogens (primary N) is 1. The number of para-hydroxylation sites is 1. The number of benzene rings is 2. The Morgan fingerprint density at radius 1 is 1.16 bits per heavy atom. The first-order valence-electron chi connectivity index (χ1n) is 10.6. The van der Waals surface area contributed by atoms with Crippen molar-refractivity contribution in [2.24, 2.45) is 0 Å². The van der Waals surface area contributed by atoms with Crippen LogP contribution in [0.5, 0.6) is 0 Å². The zero-order valence-corrected chi connectivity index (χ0v) is 18.8. The molecule has 0 aliphatic heterocycles. The summed E-state index contributed by atoms with van der Waals surface area (Å²) in [6.07, 6.45) is 2.11. The first-order chi connectivity index (χ1) is 15.5. The van der Waals surface area contributed by atoms with Gasteiger partial charge in [0, 0.05) is 22.6 Å². The second kappa shape index (κ2) is 8.27. The molecule has 32 heavy (non-hydrogen) atoms. The molecule has 1 aliphatic rings. The number of nitrogens with one attached hydrogen (secondary N) is 1. The maximum absolute atomic E-state index is 12.3. The predicted octanol–water partition coefficient (Wildman–Crippen LogP) is 3.94. The van der Waals surface area contributed by atoms with Crippen LogP contribution in [0, 0.1) is 6.92 Å². The summed E-state index contributed by atoms with van der Waals surface area (Å²) in [7, 11) is 0. The van der Waals surface area contributed by atoms with Gasteiger partial charge < -0.3 is 11.2 Å². The van der Waals surface area contributed by atoms with Gasteiger partial charge in [-0.05, 0) is 38.8 Å². The molecule has 2 heterocycles. The highest BCUT2D eigenvalue weighted by Crippen LogP contribution is 2.33. The molecule has 1 amide bonds. The van der Waals surface area contributed by atoms with Gasteiger partial charge in [0.05, 0.1) is 16.5 Å². The minimum Gasteiger partial charge on any atom is -0.352 e. The molecular formula is C24H24N6OS. The molecule has 162 valence electrons. The van der Waals surface area contributed by atoms with E-state index in [1.54, 1.807) is 0 Å². The van der Waals surface area contributed by atoms with Crippen molar-refractivity contribution in [2.45, 2.75) is 43.1 Å². The Labute approximate surface area is 190 Å². The number of rotatable bonds is 6. The molecule has 8 heteroatoms. The SMILES string of the molecule is Cc1ccc(-c2cc(-c3nnc(S[C@H](C)C(=O)NC4CC4)n3N)c3ccccc3n2)cc1. The van der Waals surface area contributed by atoms with Gasteiger partial charge >= 0.3 is 0 Å². The molecule has 1 fully saturated rings. The normalized spacial score (nSPS) is 14.4. The van der Waals surface area contributed by atoms with Crippen LogP contribution >= 0.6 is 11.8 Å². The highest BCUT2D eigenvalue weighted by Gasteiger charge is 2.27. The van der Waals surface area contributed by atoms with E-state index in [2.05, 4.69) is 46.7 Å². The lowest BCUT2D eigenvalue weighted by Gasteiger charge is -2.12. The lowest BCUT2D eigenvalue weighted by Crippen LogP contribution is -2.32. The summed E-state index contributed by atoms with van der Waals surface area (Å²) in [5.74, 6) is 6.95. The lowest BCUT2D eigenvalue weighted by molar-refractivity contribution is -0.120. The number of carbonyl (C=O) groups is 1. The van der Waals surface area contributed by atoms with E-state index < -0.39 is 0 Å². The van der Waals surface area contributed by atoms with Gasteiger partial charge in [0.15, 0.2) is 5.82 Å². The van der Waals surface area contributed by atoms with E-state index in [-0.39, 0.29) is 11.2 Å². The van der Waals surface area contributed by atoms with Crippen molar-refractivity contribution in [1.29, 1.82) is 0 Å². The number of fused-ring (bicyclic) bond motifs is 1. The number of hydrogen-bond acceptors (Lipinski definition) is 6. The van der Waals surface area contributed by atoms with E-state index in [9.17, 15) is 4.79 Å².